The molecule has 0 nitrogen and oxygen atoms in total. The van der Waals surface area contributed by atoms with Crippen molar-refractivity contribution in [2.24, 2.45) is 0 Å². The van der Waals surface area contributed by atoms with Crippen LogP contribution in [0, 0.1) is 0 Å². The monoisotopic (exact) mass is 281 g/mol. The van der Waals surface area contributed by atoms with Gasteiger partial charge in [-0.25, -0.2) is 0 Å². The first-order valence-electron chi connectivity index (χ1n) is 2.93. The fourth-order valence-electron chi connectivity index (χ4n) is 0.672. The van der Waals surface area contributed by atoms with Crippen LogP contribution >= 0.6 is 9.24 Å². The molecule has 5 heteroatoms. The van der Waals surface area contributed by atoms with Gasteiger partial charge in [0.25, 0.3) is 0 Å². The summed E-state index contributed by atoms with van der Waals surface area (Å²) in [6.07, 6.45) is -4.22. The summed E-state index contributed by atoms with van der Waals surface area (Å²) in [6.45, 7) is 0. The summed E-state index contributed by atoms with van der Waals surface area (Å²) >= 11 is 0. The Morgan fingerprint density at radius 1 is 1.00 bits per heavy atom. The summed E-state index contributed by atoms with van der Waals surface area (Å²) in [5.41, 5.74) is -0.608. The minimum Gasteiger partial charge on any atom is -0.166 e. The van der Waals surface area contributed by atoms with Gasteiger partial charge in [-0.15, -0.1) is 9.24 Å². The molecule has 0 spiro atoms. The van der Waals surface area contributed by atoms with Crippen LogP contribution in [0.5, 0.6) is 0 Å². The second-order valence-electron chi connectivity index (χ2n) is 2.12. The average molecular weight is 281 g/mol. The number of hydrogen-bond donors (Lipinski definition) is 0. The van der Waals surface area contributed by atoms with E-state index in [0.717, 1.165) is 17.4 Å². The number of halogens is 3. The SMILES string of the molecule is FC(F)(F)c1ccc(P)cc1.[Rh]. The molecule has 1 radical (unpaired) electrons. The van der Waals surface area contributed by atoms with Gasteiger partial charge in [0.05, 0.1) is 5.56 Å². The zero-order chi connectivity index (χ0) is 8.48. The molecule has 1 aromatic rings. The Hall–Kier alpha value is 0.0634. The first kappa shape index (κ1) is 12.1. The number of rotatable bonds is 0. The molecule has 0 aliphatic carbocycles. The molecule has 0 saturated carbocycles. The van der Waals surface area contributed by atoms with Crippen LogP contribution < -0.4 is 5.30 Å². The molecule has 0 aliphatic heterocycles. The summed E-state index contributed by atoms with van der Waals surface area (Å²) in [6, 6.07) is 4.94. The van der Waals surface area contributed by atoms with Crippen molar-refractivity contribution >= 4 is 14.5 Å². The predicted molar refractivity (Wildman–Crippen MR) is 40.8 cm³/mol. The largest absolute Gasteiger partial charge is 0.416 e. The van der Waals surface area contributed by atoms with E-state index in [9.17, 15) is 13.2 Å². The van der Waals surface area contributed by atoms with Gasteiger partial charge in [-0.05, 0) is 17.4 Å². The van der Waals surface area contributed by atoms with Crippen LogP contribution in [0.15, 0.2) is 24.3 Å². The Bertz CT molecular complexity index is 242. The van der Waals surface area contributed by atoms with Gasteiger partial charge >= 0.3 is 6.18 Å². The summed E-state index contributed by atoms with van der Waals surface area (Å²) in [5, 5.41) is 0.748. The Labute approximate surface area is 83.5 Å². The molecule has 1 unspecified atom stereocenters. The third kappa shape index (κ3) is 3.20. The van der Waals surface area contributed by atoms with Crippen molar-refractivity contribution < 1.29 is 32.6 Å². The third-order valence-corrected chi connectivity index (χ3v) is 1.62. The molecule has 0 heterocycles. The van der Waals surface area contributed by atoms with Crippen molar-refractivity contribution in [2.75, 3.05) is 0 Å². The Kier molecular flexibility index (Phi) is 4.37. The van der Waals surface area contributed by atoms with Crippen LogP contribution in [-0.2, 0) is 25.7 Å². The van der Waals surface area contributed by atoms with Crippen LogP contribution in [0.1, 0.15) is 5.56 Å². The van der Waals surface area contributed by atoms with Crippen LogP contribution in [0.2, 0.25) is 0 Å². The second-order valence-corrected chi connectivity index (χ2v) is 2.79. The van der Waals surface area contributed by atoms with Crippen molar-refractivity contribution in [3.63, 3.8) is 0 Å². The minimum absolute atomic E-state index is 0. The van der Waals surface area contributed by atoms with Crippen molar-refractivity contribution in [2.45, 2.75) is 6.18 Å². The van der Waals surface area contributed by atoms with E-state index >= 15 is 0 Å². The zero-order valence-electron chi connectivity index (χ0n) is 5.85. The number of benzene rings is 1. The molecule has 0 aliphatic rings. The molecule has 0 N–H and O–H groups in total. The van der Waals surface area contributed by atoms with E-state index in [-0.39, 0.29) is 19.5 Å². The standard InChI is InChI=1S/C7H6F3P.Rh/c8-7(9,10)5-1-3-6(11)4-2-5;/h1-4H,11H2;. The molecule has 12 heavy (non-hydrogen) atoms. The van der Waals surface area contributed by atoms with Gasteiger partial charge in [0, 0.05) is 19.5 Å². The number of hydrogen-bond acceptors (Lipinski definition) is 0. The van der Waals surface area contributed by atoms with Crippen LogP contribution in [0.4, 0.5) is 13.2 Å². The summed E-state index contributed by atoms with van der Waals surface area (Å²) in [7, 11) is 2.33. The van der Waals surface area contributed by atoms with E-state index < -0.39 is 11.7 Å². The van der Waals surface area contributed by atoms with Crippen molar-refractivity contribution in [1.29, 1.82) is 0 Å². The Morgan fingerprint density at radius 3 is 1.75 bits per heavy atom. The van der Waals surface area contributed by atoms with Crippen molar-refractivity contribution in [1.82, 2.24) is 0 Å². The Balaban J connectivity index is 0.00000121. The first-order chi connectivity index (χ1) is 5.00. The van der Waals surface area contributed by atoms with E-state index in [1.54, 1.807) is 0 Å². The van der Waals surface area contributed by atoms with Gasteiger partial charge in [-0.2, -0.15) is 13.2 Å². The molecule has 1 aromatic carbocycles. The molecule has 0 aromatic heterocycles. The van der Waals surface area contributed by atoms with E-state index in [1.165, 1.54) is 12.1 Å². The van der Waals surface area contributed by atoms with Crippen LogP contribution in [0.25, 0.3) is 0 Å². The minimum atomic E-state index is -4.22. The Morgan fingerprint density at radius 2 is 1.42 bits per heavy atom. The van der Waals surface area contributed by atoms with E-state index in [0.29, 0.717) is 0 Å². The van der Waals surface area contributed by atoms with Gasteiger partial charge in [0.2, 0.25) is 0 Å². The molecular weight excluding hydrogens is 275 g/mol. The quantitative estimate of drug-likeness (QED) is 0.505. The average Bonchev–Trinajstić information content (AvgIpc) is 1.86. The van der Waals surface area contributed by atoms with E-state index in [2.05, 4.69) is 9.24 Å². The third-order valence-electron chi connectivity index (χ3n) is 1.24. The second kappa shape index (κ2) is 4.34. The maximum absolute atomic E-state index is 11.9. The molecule has 0 bridgehead atoms. The molecule has 0 saturated heterocycles. The van der Waals surface area contributed by atoms with E-state index in [4.69, 9.17) is 0 Å². The van der Waals surface area contributed by atoms with Gasteiger partial charge in [0.1, 0.15) is 0 Å². The maximum Gasteiger partial charge on any atom is 0.416 e. The molecule has 0 amide bonds. The predicted octanol–water partition coefficient (Wildman–Crippen LogP) is 2.20. The number of alkyl halides is 3. The smallest absolute Gasteiger partial charge is 0.166 e. The molecule has 69 valence electrons. The summed E-state index contributed by atoms with van der Waals surface area (Å²) in [5.74, 6) is 0. The summed E-state index contributed by atoms with van der Waals surface area (Å²) < 4.78 is 35.7. The van der Waals surface area contributed by atoms with Crippen LogP contribution in [0.3, 0.4) is 0 Å². The fraction of sp³-hybridized carbons (Fsp3) is 0.143. The topological polar surface area (TPSA) is 0 Å². The molecule has 1 atom stereocenters. The van der Waals surface area contributed by atoms with Gasteiger partial charge in [0.15, 0.2) is 0 Å². The summed E-state index contributed by atoms with van der Waals surface area (Å²) in [4.78, 5) is 0. The van der Waals surface area contributed by atoms with E-state index in [1.807, 2.05) is 0 Å². The van der Waals surface area contributed by atoms with Gasteiger partial charge < -0.3 is 0 Å². The molecule has 1 rings (SSSR count). The molecular formula is C7H6F3PRh. The maximum atomic E-state index is 11.9. The zero-order valence-corrected chi connectivity index (χ0v) is 8.65. The fourth-order valence-corrected chi connectivity index (χ4v) is 0.865. The van der Waals surface area contributed by atoms with Crippen molar-refractivity contribution in [3.05, 3.63) is 29.8 Å². The molecule has 0 fully saturated rings. The van der Waals surface area contributed by atoms with Gasteiger partial charge in [-0.3, -0.25) is 0 Å². The first-order valence-corrected chi connectivity index (χ1v) is 3.50. The van der Waals surface area contributed by atoms with Crippen molar-refractivity contribution in [3.8, 4) is 0 Å². The van der Waals surface area contributed by atoms with Crippen LogP contribution in [-0.4, -0.2) is 0 Å². The van der Waals surface area contributed by atoms with Gasteiger partial charge in [-0.1, -0.05) is 12.1 Å². The normalized spacial score (nSPS) is 10.7.